The standard InChI is InChI=1S/C7H8BrN3O2/c8-11-2-1-4-5(3-11)9-7(13)10-6(4)12/h1-3H2,(H2,9,10,12,13). The van der Waals surface area contributed by atoms with Gasteiger partial charge in [-0.2, -0.15) is 0 Å². The van der Waals surface area contributed by atoms with Crippen molar-refractivity contribution in [3.63, 3.8) is 0 Å². The lowest BCUT2D eigenvalue weighted by Crippen LogP contribution is -2.34. The third kappa shape index (κ3) is 1.59. The number of halogens is 1. The maximum Gasteiger partial charge on any atom is 0.325 e. The molecule has 2 rings (SSSR count). The number of H-pyrrole nitrogens is 2. The lowest BCUT2D eigenvalue weighted by molar-refractivity contribution is 0.446. The van der Waals surface area contributed by atoms with E-state index in [1.54, 1.807) is 0 Å². The van der Waals surface area contributed by atoms with E-state index in [4.69, 9.17) is 0 Å². The predicted octanol–water partition coefficient (Wildman–Crippen LogP) is -0.269. The van der Waals surface area contributed by atoms with E-state index in [9.17, 15) is 9.59 Å². The third-order valence-electron chi connectivity index (χ3n) is 2.06. The number of aromatic amines is 2. The van der Waals surface area contributed by atoms with E-state index in [0.717, 1.165) is 6.54 Å². The zero-order chi connectivity index (χ0) is 9.42. The van der Waals surface area contributed by atoms with Crippen molar-refractivity contribution in [1.82, 2.24) is 13.9 Å². The Morgan fingerprint density at radius 3 is 2.85 bits per heavy atom. The topological polar surface area (TPSA) is 69.0 Å². The van der Waals surface area contributed by atoms with Crippen molar-refractivity contribution in [1.29, 1.82) is 0 Å². The highest BCUT2D eigenvalue weighted by Gasteiger charge is 2.17. The van der Waals surface area contributed by atoms with Crippen LogP contribution in [0.3, 0.4) is 0 Å². The van der Waals surface area contributed by atoms with Crippen molar-refractivity contribution >= 4 is 16.1 Å². The zero-order valence-electron chi connectivity index (χ0n) is 6.76. The number of nitrogens with zero attached hydrogens (tertiary/aromatic N) is 1. The lowest BCUT2D eigenvalue weighted by Gasteiger charge is -2.20. The molecule has 1 aliphatic rings. The Bertz CT molecular complexity index is 436. The molecule has 0 atom stereocenters. The summed E-state index contributed by atoms with van der Waals surface area (Å²) >= 11 is 3.31. The molecule has 0 saturated heterocycles. The van der Waals surface area contributed by atoms with E-state index in [1.807, 2.05) is 3.93 Å². The number of hydrogen-bond acceptors (Lipinski definition) is 3. The summed E-state index contributed by atoms with van der Waals surface area (Å²) in [6.45, 7) is 1.34. The van der Waals surface area contributed by atoms with Crippen molar-refractivity contribution in [2.45, 2.75) is 13.0 Å². The second kappa shape index (κ2) is 3.12. The summed E-state index contributed by atoms with van der Waals surface area (Å²) in [6, 6.07) is 0. The lowest BCUT2D eigenvalue weighted by atomic mass is 10.1. The van der Waals surface area contributed by atoms with Crippen LogP contribution in [0.15, 0.2) is 9.59 Å². The number of rotatable bonds is 0. The first-order valence-electron chi connectivity index (χ1n) is 3.92. The van der Waals surface area contributed by atoms with Crippen LogP contribution in [0.2, 0.25) is 0 Å². The number of nitrogens with one attached hydrogen (secondary N) is 2. The second-order valence-corrected chi connectivity index (χ2v) is 3.96. The molecule has 5 nitrogen and oxygen atoms in total. The van der Waals surface area contributed by atoms with E-state index < -0.39 is 5.69 Å². The van der Waals surface area contributed by atoms with Gasteiger partial charge in [0, 0.05) is 33.9 Å². The van der Waals surface area contributed by atoms with Crippen LogP contribution in [0.1, 0.15) is 11.3 Å². The molecule has 0 unspecified atom stereocenters. The van der Waals surface area contributed by atoms with Gasteiger partial charge in [0.25, 0.3) is 5.56 Å². The number of hydrogen-bond donors (Lipinski definition) is 2. The Morgan fingerprint density at radius 2 is 2.08 bits per heavy atom. The SMILES string of the molecule is O=c1[nH]c2c(c(=O)[nH]1)CCN(Br)C2. The van der Waals surface area contributed by atoms with Gasteiger partial charge in [-0.15, -0.1) is 0 Å². The fourth-order valence-electron chi connectivity index (χ4n) is 1.44. The van der Waals surface area contributed by atoms with Crippen LogP contribution in [0.25, 0.3) is 0 Å². The fourth-order valence-corrected chi connectivity index (χ4v) is 1.87. The summed E-state index contributed by atoms with van der Waals surface area (Å²) < 4.78 is 1.88. The molecule has 70 valence electrons. The quantitative estimate of drug-likeness (QED) is 0.619. The minimum absolute atomic E-state index is 0.264. The van der Waals surface area contributed by atoms with Crippen molar-refractivity contribution in [3.05, 3.63) is 32.1 Å². The van der Waals surface area contributed by atoms with Gasteiger partial charge in [0.05, 0.1) is 6.54 Å². The normalized spacial score (nSPS) is 17.0. The first-order valence-corrected chi connectivity index (χ1v) is 4.63. The van der Waals surface area contributed by atoms with E-state index >= 15 is 0 Å². The molecule has 0 radical (unpaired) electrons. The maximum absolute atomic E-state index is 11.3. The highest BCUT2D eigenvalue weighted by molar-refractivity contribution is 9.07. The van der Waals surface area contributed by atoms with Gasteiger partial charge >= 0.3 is 5.69 Å². The van der Waals surface area contributed by atoms with E-state index in [-0.39, 0.29) is 5.56 Å². The number of fused-ring (bicyclic) bond motifs is 1. The molecule has 0 aromatic carbocycles. The van der Waals surface area contributed by atoms with Gasteiger partial charge in [-0.1, -0.05) is 0 Å². The van der Waals surface area contributed by atoms with Crippen LogP contribution in [0.4, 0.5) is 0 Å². The van der Waals surface area contributed by atoms with E-state index in [2.05, 4.69) is 26.1 Å². The van der Waals surface area contributed by atoms with Crippen LogP contribution in [0, 0.1) is 0 Å². The molecule has 0 aliphatic carbocycles. The molecular weight excluding hydrogens is 238 g/mol. The largest absolute Gasteiger partial charge is 0.325 e. The first-order chi connectivity index (χ1) is 6.16. The maximum atomic E-state index is 11.3. The summed E-state index contributed by atoms with van der Waals surface area (Å²) in [7, 11) is 0. The highest BCUT2D eigenvalue weighted by atomic mass is 79.9. The third-order valence-corrected chi connectivity index (χ3v) is 2.67. The molecule has 1 aromatic rings. The fraction of sp³-hybridized carbons (Fsp3) is 0.429. The first kappa shape index (κ1) is 8.71. The average molecular weight is 246 g/mol. The van der Waals surface area contributed by atoms with Crippen LogP contribution in [0.5, 0.6) is 0 Å². The Kier molecular flexibility index (Phi) is 2.09. The average Bonchev–Trinajstić information content (AvgIpc) is 2.02. The molecule has 2 N–H and O–H groups in total. The second-order valence-electron chi connectivity index (χ2n) is 2.96. The van der Waals surface area contributed by atoms with Gasteiger partial charge < -0.3 is 4.98 Å². The monoisotopic (exact) mass is 245 g/mol. The summed E-state index contributed by atoms with van der Waals surface area (Å²) in [5.74, 6) is 0. The highest BCUT2D eigenvalue weighted by Crippen LogP contribution is 2.14. The zero-order valence-corrected chi connectivity index (χ0v) is 8.35. The van der Waals surface area contributed by atoms with Crippen LogP contribution in [-0.4, -0.2) is 20.4 Å². The van der Waals surface area contributed by atoms with E-state index in [1.165, 1.54) is 0 Å². The Labute approximate surface area is 82.1 Å². The summed E-state index contributed by atoms with van der Waals surface area (Å²) in [4.78, 5) is 27.0. The van der Waals surface area contributed by atoms with Gasteiger partial charge in [-0.3, -0.25) is 9.78 Å². The van der Waals surface area contributed by atoms with Crippen LogP contribution < -0.4 is 11.2 Å². The minimum atomic E-state index is -0.438. The summed E-state index contributed by atoms with van der Waals surface area (Å²) in [5.41, 5.74) is 0.693. The molecule has 0 fully saturated rings. The van der Waals surface area contributed by atoms with E-state index in [0.29, 0.717) is 24.2 Å². The van der Waals surface area contributed by atoms with Crippen LogP contribution in [-0.2, 0) is 13.0 Å². The smallest absolute Gasteiger partial charge is 0.310 e. The molecule has 6 heteroatoms. The van der Waals surface area contributed by atoms with Crippen molar-refractivity contribution in [3.8, 4) is 0 Å². The number of aromatic nitrogens is 2. The summed E-state index contributed by atoms with van der Waals surface area (Å²) in [6.07, 6.45) is 0.659. The van der Waals surface area contributed by atoms with Gasteiger partial charge in [0.2, 0.25) is 0 Å². The van der Waals surface area contributed by atoms with Gasteiger partial charge in [-0.05, 0) is 6.42 Å². The molecule has 13 heavy (non-hydrogen) atoms. The molecule has 0 spiro atoms. The van der Waals surface area contributed by atoms with Crippen molar-refractivity contribution in [2.75, 3.05) is 6.54 Å². The van der Waals surface area contributed by atoms with Crippen LogP contribution >= 0.6 is 16.1 Å². The van der Waals surface area contributed by atoms with Crippen molar-refractivity contribution in [2.24, 2.45) is 0 Å². The molecular formula is C7H8BrN3O2. The molecule has 2 heterocycles. The van der Waals surface area contributed by atoms with Crippen molar-refractivity contribution < 1.29 is 0 Å². The molecule has 0 amide bonds. The molecule has 0 bridgehead atoms. The van der Waals surface area contributed by atoms with Gasteiger partial charge in [0.1, 0.15) is 0 Å². The Morgan fingerprint density at radius 1 is 1.31 bits per heavy atom. The van der Waals surface area contributed by atoms with Gasteiger partial charge in [0.15, 0.2) is 0 Å². The van der Waals surface area contributed by atoms with Gasteiger partial charge in [-0.25, -0.2) is 8.72 Å². The Hall–Kier alpha value is -0.880. The summed E-state index contributed by atoms with van der Waals surface area (Å²) in [5, 5.41) is 0. The predicted molar refractivity (Wildman–Crippen MR) is 50.7 cm³/mol. The molecule has 0 saturated carbocycles. The molecule has 1 aliphatic heterocycles. The Balaban J connectivity index is 2.60. The minimum Gasteiger partial charge on any atom is -0.310 e. The molecule has 1 aromatic heterocycles.